The van der Waals surface area contributed by atoms with Gasteiger partial charge in [-0.25, -0.2) is 4.79 Å². The Bertz CT molecular complexity index is 1600. The van der Waals surface area contributed by atoms with E-state index in [4.69, 9.17) is 18.9 Å². The first kappa shape index (κ1) is 43.3. The predicted octanol–water partition coefficient (Wildman–Crippen LogP) is 1.95. The second-order valence-electron chi connectivity index (χ2n) is 20.8. The van der Waals surface area contributed by atoms with Crippen molar-refractivity contribution < 1.29 is 74.5 Å². The van der Waals surface area contributed by atoms with Crippen molar-refractivity contribution in [2.45, 2.75) is 180 Å². The number of ether oxygens (including phenoxy) is 4. The highest BCUT2D eigenvalue weighted by molar-refractivity contribution is 5.77. The number of rotatable bonds is 7. The summed E-state index contributed by atoms with van der Waals surface area (Å²) in [6.07, 6.45) is -10.5. The Morgan fingerprint density at radius 2 is 1.42 bits per heavy atom. The molecule has 57 heavy (non-hydrogen) atoms. The summed E-state index contributed by atoms with van der Waals surface area (Å²) in [7, 11) is 0. The van der Waals surface area contributed by atoms with E-state index in [-0.39, 0.29) is 34.0 Å². The molecular formula is C42H66O15. The van der Waals surface area contributed by atoms with E-state index < -0.39 is 108 Å². The van der Waals surface area contributed by atoms with Crippen LogP contribution in [-0.4, -0.2) is 138 Å². The Labute approximate surface area is 334 Å². The van der Waals surface area contributed by atoms with Crippen LogP contribution in [0, 0.1) is 50.2 Å². The summed E-state index contributed by atoms with van der Waals surface area (Å²) in [4.78, 5) is 25.4. The standard InChI is InChI=1S/C42H66O15/c1-37(2)14-15-42(36(52)53)20(16-37)19-8-9-23-39(5)12-11-25(38(3,4)22(39)10-13-40(23,6)41(19,7)17-24(42)44)55-35-30(49)31(29(48)32(57-35)33(50)51)56-34-28(47)27(46)26(45)21(18-43)54-34/h8,20-32,34-35,43-49H,9-18H2,1-7H3,(H,50,51)(H,52,53)/t20?,21-,22?,23?,24-,25+,26-,27+,28-,29+,30-,31+,32+,34+,35-,39+,40-,41-,42-/m1/s1. The first-order chi connectivity index (χ1) is 26.4. The zero-order valence-corrected chi connectivity index (χ0v) is 34.3. The minimum Gasteiger partial charge on any atom is -0.481 e. The van der Waals surface area contributed by atoms with E-state index in [2.05, 4.69) is 54.5 Å². The van der Waals surface area contributed by atoms with Crippen molar-refractivity contribution in [3.8, 4) is 0 Å². The summed E-state index contributed by atoms with van der Waals surface area (Å²) in [5, 5.41) is 96.1. The molecule has 0 aromatic rings. The van der Waals surface area contributed by atoms with Crippen molar-refractivity contribution >= 4 is 11.9 Å². The minimum atomic E-state index is -1.95. The number of hydrogen-bond donors (Lipinski definition) is 9. The van der Waals surface area contributed by atoms with E-state index in [1.54, 1.807) is 0 Å². The van der Waals surface area contributed by atoms with Crippen molar-refractivity contribution in [1.82, 2.24) is 0 Å². The summed E-state index contributed by atoms with van der Waals surface area (Å²) in [5.74, 6) is -2.37. The van der Waals surface area contributed by atoms with Crippen LogP contribution in [0.1, 0.15) is 106 Å². The van der Waals surface area contributed by atoms with Crippen LogP contribution in [0.4, 0.5) is 0 Å². The SMILES string of the molecule is CC1(C)CC[C@@]2(C(=O)O)C(C1)C1=CCC3[C@@]4(C)CC[C@H](O[C@@H]5O[C@H](C(=O)O)[C@@H](O)[C@H](O[C@@H]6O[C@H](CO)[C@@H](O)[C@H](O)[C@H]6O)[C@H]5O)C(C)(C)C4CC[C@@]3(C)[C@]1(C)C[C@H]2O. The van der Waals surface area contributed by atoms with Gasteiger partial charge in [0.15, 0.2) is 18.7 Å². The number of allylic oxidation sites excluding steroid dienone is 2. The lowest BCUT2D eigenvalue weighted by atomic mass is 9.33. The van der Waals surface area contributed by atoms with Gasteiger partial charge in [0.05, 0.1) is 18.8 Å². The third-order valence-corrected chi connectivity index (χ3v) is 17.2. The number of carboxylic acids is 2. The van der Waals surface area contributed by atoms with Crippen LogP contribution in [0.25, 0.3) is 0 Å². The molecular weight excluding hydrogens is 744 g/mol. The Morgan fingerprint density at radius 1 is 0.754 bits per heavy atom. The van der Waals surface area contributed by atoms with Crippen LogP contribution in [0.15, 0.2) is 11.6 Å². The van der Waals surface area contributed by atoms with Crippen molar-refractivity contribution in [3.63, 3.8) is 0 Å². The molecule has 19 atom stereocenters. The van der Waals surface area contributed by atoms with Gasteiger partial charge >= 0.3 is 11.9 Å². The van der Waals surface area contributed by atoms with Crippen molar-refractivity contribution in [1.29, 1.82) is 0 Å². The molecule has 4 saturated carbocycles. The zero-order chi connectivity index (χ0) is 42.0. The molecule has 9 N–H and O–H groups in total. The van der Waals surface area contributed by atoms with E-state index in [0.717, 1.165) is 32.1 Å². The topological polar surface area (TPSA) is 253 Å². The van der Waals surface area contributed by atoms with Gasteiger partial charge in [-0.2, -0.15) is 0 Å². The second-order valence-corrected chi connectivity index (χ2v) is 20.8. The lowest BCUT2D eigenvalue weighted by Gasteiger charge is -2.71. The molecule has 6 fully saturated rings. The molecule has 3 unspecified atom stereocenters. The van der Waals surface area contributed by atoms with Gasteiger partial charge in [0.2, 0.25) is 0 Å². The third-order valence-electron chi connectivity index (χ3n) is 17.2. The van der Waals surface area contributed by atoms with Crippen LogP contribution in [0.5, 0.6) is 0 Å². The molecule has 15 heteroatoms. The largest absolute Gasteiger partial charge is 0.481 e. The molecule has 7 rings (SSSR count). The summed E-state index contributed by atoms with van der Waals surface area (Å²) < 4.78 is 23.4. The molecule has 0 aromatic heterocycles. The second kappa shape index (κ2) is 14.4. The Morgan fingerprint density at radius 3 is 2.05 bits per heavy atom. The van der Waals surface area contributed by atoms with Gasteiger partial charge < -0.3 is 64.9 Å². The van der Waals surface area contributed by atoms with Crippen LogP contribution < -0.4 is 0 Å². The molecule has 0 radical (unpaired) electrons. The van der Waals surface area contributed by atoms with Crippen molar-refractivity contribution in [2.75, 3.05) is 6.61 Å². The number of fused-ring (bicyclic) bond motifs is 7. The molecule has 0 amide bonds. The highest BCUT2D eigenvalue weighted by Crippen LogP contribution is 2.76. The molecule has 5 aliphatic carbocycles. The average Bonchev–Trinajstić information content (AvgIpc) is 3.11. The summed E-state index contributed by atoms with van der Waals surface area (Å²) >= 11 is 0. The van der Waals surface area contributed by atoms with Gasteiger partial charge in [-0.1, -0.05) is 60.1 Å². The fourth-order valence-electron chi connectivity index (χ4n) is 13.8. The molecule has 0 bridgehead atoms. The fraction of sp³-hybridized carbons (Fsp3) is 0.905. The maximum absolute atomic E-state index is 13.1. The Balaban J connectivity index is 1.14. The van der Waals surface area contributed by atoms with E-state index >= 15 is 0 Å². The zero-order valence-electron chi connectivity index (χ0n) is 34.3. The molecule has 0 spiro atoms. The van der Waals surface area contributed by atoms with Crippen molar-refractivity contribution in [3.05, 3.63) is 11.6 Å². The maximum Gasteiger partial charge on any atom is 0.335 e. The first-order valence-electron chi connectivity index (χ1n) is 20.9. The molecule has 2 aliphatic heterocycles. The van der Waals surface area contributed by atoms with E-state index in [1.807, 2.05) is 0 Å². The van der Waals surface area contributed by atoms with E-state index in [9.17, 15) is 55.5 Å². The van der Waals surface area contributed by atoms with E-state index in [0.29, 0.717) is 25.7 Å². The molecule has 0 aromatic carbocycles. The monoisotopic (exact) mass is 810 g/mol. The number of aliphatic hydroxyl groups is 7. The fourth-order valence-corrected chi connectivity index (χ4v) is 13.8. The maximum atomic E-state index is 13.1. The predicted molar refractivity (Wildman–Crippen MR) is 200 cm³/mol. The van der Waals surface area contributed by atoms with Crippen LogP contribution in [0.3, 0.4) is 0 Å². The molecule has 7 aliphatic rings. The summed E-state index contributed by atoms with van der Waals surface area (Å²) in [6.45, 7) is 14.9. The number of carbonyl (C=O) groups is 2. The minimum absolute atomic E-state index is 0.0451. The van der Waals surface area contributed by atoms with Crippen LogP contribution >= 0.6 is 0 Å². The van der Waals surface area contributed by atoms with Crippen molar-refractivity contribution in [2.24, 2.45) is 50.2 Å². The lowest BCUT2D eigenvalue weighted by Crippen LogP contribution is -2.68. The quantitative estimate of drug-likeness (QED) is 0.132. The summed E-state index contributed by atoms with van der Waals surface area (Å²) in [6, 6.07) is 0. The first-order valence-corrected chi connectivity index (χ1v) is 20.9. The Hall–Kier alpha value is -1.76. The van der Waals surface area contributed by atoms with Gasteiger partial charge in [-0.05, 0) is 103 Å². The number of aliphatic hydroxyl groups excluding tert-OH is 7. The molecule has 2 heterocycles. The van der Waals surface area contributed by atoms with Gasteiger partial charge in [-0.15, -0.1) is 0 Å². The third kappa shape index (κ3) is 6.30. The van der Waals surface area contributed by atoms with Crippen LogP contribution in [-0.2, 0) is 28.5 Å². The van der Waals surface area contributed by atoms with Gasteiger partial charge in [0.1, 0.15) is 48.1 Å². The molecule has 324 valence electrons. The highest BCUT2D eigenvalue weighted by atomic mass is 16.7. The normalized spacial score (nSPS) is 52.9. The average molecular weight is 811 g/mol. The highest BCUT2D eigenvalue weighted by Gasteiger charge is 2.71. The van der Waals surface area contributed by atoms with E-state index in [1.165, 1.54) is 5.57 Å². The molecule has 2 saturated heterocycles. The molecule has 15 nitrogen and oxygen atoms in total. The van der Waals surface area contributed by atoms with Crippen LogP contribution in [0.2, 0.25) is 0 Å². The van der Waals surface area contributed by atoms with Gasteiger partial charge in [0.25, 0.3) is 0 Å². The number of carboxylic acid groups (broad SMARTS) is 2. The van der Waals surface area contributed by atoms with Gasteiger partial charge in [0, 0.05) is 0 Å². The van der Waals surface area contributed by atoms with Gasteiger partial charge in [-0.3, -0.25) is 4.79 Å². The summed E-state index contributed by atoms with van der Waals surface area (Å²) in [5.41, 5.74) is -1.40. The Kier molecular flexibility index (Phi) is 11.0. The lowest BCUT2D eigenvalue weighted by molar-refractivity contribution is -0.365. The number of aliphatic carboxylic acids is 2. The smallest absolute Gasteiger partial charge is 0.335 e. The number of hydrogen-bond acceptors (Lipinski definition) is 13.